The van der Waals surface area contributed by atoms with E-state index in [-0.39, 0.29) is 5.91 Å². The zero-order valence-electron chi connectivity index (χ0n) is 15.8. The quantitative estimate of drug-likeness (QED) is 0.792. The van der Waals surface area contributed by atoms with Crippen LogP contribution in [0.1, 0.15) is 49.3 Å². The van der Waals surface area contributed by atoms with E-state index in [1.807, 2.05) is 0 Å². The fourth-order valence-corrected chi connectivity index (χ4v) is 3.93. The predicted molar refractivity (Wildman–Crippen MR) is 101 cm³/mol. The van der Waals surface area contributed by atoms with E-state index in [9.17, 15) is 4.79 Å². The van der Waals surface area contributed by atoms with Gasteiger partial charge in [-0.05, 0) is 51.2 Å². The zero-order chi connectivity index (χ0) is 17.8. The normalized spacial score (nSPS) is 20.8. The molecular formula is C21H31N2O2+. The fraction of sp³-hybridized carbons (Fsp3) is 0.571. The molecule has 0 saturated carbocycles. The molecule has 2 N–H and O–H groups in total. The summed E-state index contributed by atoms with van der Waals surface area (Å²) in [5.41, 5.74) is 4.26. The number of piperidine rings is 1. The number of rotatable bonds is 6. The van der Waals surface area contributed by atoms with Crippen LogP contribution in [-0.2, 0) is 11.2 Å². The Hall–Kier alpha value is -1.81. The lowest BCUT2D eigenvalue weighted by Gasteiger charge is -2.30. The summed E-state index contributed by atoms with van der Waals surface area (Å²) in [5.74, 6) is 0.0858. The van der Waals surface area contributed by atoms with Gasteiger partial charge >= 0.3 is 0 Å². The van der Waals surface area contributed by atoms with Gasteiger partial charge in [0.15, 0.2) is 0 Å². The summed E-state index contributed by atoms with van der Waals surface area (Å²) in [6, 6.07) is 4.93. The summed E-state index contributed by atoms with van der Waals surface area (Å²) in [6.45, 7) is 9.71. The van der Waals surface area contributed by atoms with E-state index in [2.05, 4.69) is 38.2 Å². The average Bonchev–Trinajstić information content (AvgIpc) is 3.00. The number of amides is 1. The minimum Gasteiger partial charge on any atom is -0.464 e. The van der Waals surface area contributed by atoms with Crippen LogP contribution in [-0.4, -0.2) is 31.6 Å². The van der Waals surface area contributed by atoms with E-state index in [0.717, 1.165) is 47.6 Å². The fourth-order valence-electron chi connectivity index (χ4n) is 3.93. The van der Waals surface area contributed by atoms with Crippen molar-refractivity contribution in [2.24, 2.45) is 0 Å². The van der Waals surface area contributed by atoms with Gasteiger partial charge in [-0.15, -0.1) is 0 Å². The number of likely N-dealkylation sites (tertiary alicyclic amines) is 1. The maximum Gasteiger partial charge on any atom is 0.224 e. The third kappa shape index (κ3) is 4.24. The molecule has 1 unspecified atom stereocenters. The molecule has 0 spiro atoms. The molecule has 1 aliphatic rings. The summed E-state index contributed by atoms with van der Waals surface area (Å²) >= 11 is 0. The van der Waals surface area contributed by atoms with E-state index in [1.54, 1.807) is 11.2 Å². The second-order valence-corrected chi connectivity index (χ2v) is 7.58. The first kappa shape index (κ1) is 18.0. The van der Waals surface area contributed by atoms with E-state index in [1.165, 1.54) is 31.4 Å². The Kier molecular flexibility index (Phi) is 5.79. The Morgan fingerprint density at radius 2 is 2.16 bits per heavy atom. The van der Waals surface area contributed by atoms with Gasteiger partial charge < -0.3 is 14.6 Å². The topological polar surface area (TPSA) is 46.7 Å². The number of carbonyl (C=O) groups is 1. The number of furan rings is 1. The van der Waals surface area contributed by atoms with Gasteiger partial charge in [0.25, 0.3) is 0 Å². The molecule has 1 fully saturated rings. The Morgan fingerprint density at radius 3 is 2.96 bits per heavy atom. The second-order valence-electron chi connectivity index (χ2n) is 7.58. The molecule has 4 nitrogen and oxygen atoms in total. The Balaban J connectivity index is 1.47. The number of quaternary nitrogens is 1. The molecule has 1 saturated heterocycles. The number of nitrogens with one attached hydrogen (secondary N) is 2. The number of hydrogen-bond acceptors (Lipinski definition) is 2. The van der Waals surface area contributed by atoms with Crippen molar-refractivity contribution in [3.05, 3.63) is 35.1 Å². The van der Waals surface area contributed by atoms with Crippen molar-refractivity contribution in [1.82, 2.24) is 5.32 Å². The Morgan fingerprint density at radius 1 is 1.32 bits per heavy atom. The van der Waals surface area contributed by atoms with E-state index in [0.29, 0.717) is 6.42 Å². The highest BCUT2D eigenvalue weighted by Crippen LogP contribution is 2.26. The number of hydrogen-bond donors (Lipinski definition) is 2. The van der Waals surface area contributed by atoms with Gasteiger partial charge in [0.05, 0.1) is 31.8 Å². The van der Waals surface area contributed by atoms with Crippen LogP contribution in [0.4, 0.5) is 0 Å². The van der Waals surface area contributed by atoms with Crippen molar-refractivity contribution in [2.75, 3.05) is 19.6 Å². The van der Waals surface area contributed by atoms with Gasteiger partial charge in [0.1, 0.15) is 5.58 Å². The third-order valence-corrected chi connectivity index (χ3v) is 5.77. The van der Waals surface area contributed by atoms with Crippen LogP contribution in [0.5, 0.6) is 0 Å². The van der Waals surface area contributed by atoms with Crippen molar-refractivity contribution in [1.29, 1.82) is 0 Å². The van der Waals surface area contributed by atoms with Crippen molar-refractivity contribution in [3.63, 3.8) is 0 Å². The number of aryl methyl sites for hydroxylation is 2. The molecule has 2 atom stereocenters. The molecule has 1 aromatic heterocycles. The van der Waals surface area contributed by atoms with Gasteiger partial charge in [-0.3, -0.25) is 4.79 Å². The third-order valence-electron chi connectivity index (χ3n) is 5.77. The zero-order valence-corrected chi connectivity index (χ0v) is 15.8. The number of carbonyl (C=O) groups excluding carboxylic acids is 1. The van der Waals surface area contributed by atoms with Gasteiger partial charge in [0, 0.05) is 23.9 Å². The SMILES string of the molecule is Cc1ccc2c(CC(=O)NCCC[NH+]3CCCC[C@@H]3C)coc2c1C. The lowest BCUT2D eigenvalue weighted by Crippen LogP contribution is -3.16. The van der Waals surface area contributed by atoms with Crippen LogP contribution in [0.15, 0.2) is 22.8 Å². The number of benzene rings is 1. The summed E-state index contributed by atoms with van der Waals surface area (Å²) < 4.78 is 5.69. The van der Waals surface area contributed by atoms with Crippen molar-refractivity contribution >= 4 is 16.9 Å². The van der Waals surface area contributed by atoms with Crippen LogP contribution >= 0.6 is 0 Å². The summed E-state index contributed by atoms with van der Waals surface area (Å²) in [6.07, 6.45) is 7.24. The molecule has 4 heteroatoms. The van der Waals surface area contributed by atoms with Gasteiger partial charge in [-0.25, -0.2) is 0 Å². The average molecular weight is 343 g/mol. The van der Waals surface area contributed by atoms with Crippen LogP contribution in [0.2, 0.25) is 0 Å². The van der Waals surface area contributed by atoms with Gasteiger partial charge in [-0.2, -0.15) is 0 Å². The second kappa shape index (κ2) is 8.05. The highest BCUT2D eigenvalue weighted by Gasteiger charge is 2.21. The standard InChI is InChI=1S/C21H30N2O2/c1-15-8-9-19-18(14-25-21(19)17(15)3)13-20(24)22-10-6-12-23-11-5-4-7-16(23)2/h8-9,14,16H,4-7,10-13H2,1-3H3,(H,22,24)/p+1/t16-/m0/s1. The molecule has 0 radical (unpaired) electrons. The van der Waals surface area contributed by atoms with Crippen LogP contribution < -0.4 is 10.2 Å². The molecule has 2 heterocycles. The van der Waals surface area contributed by atoms with Crippen LogP contribution in [0.25, 0.3) is 11.0 Å². The first-order valence-electron chi connectivity index (χ1n) is 9.64. The lowest BCUT2D eigenvalue weighted by molar-refractivity contribution is -0.928. The molecule has 0 bridgehead atoms. The molecule has 136 valence electrons. The smallest absolute Gasteiger partial charge is 0.224 e. The minimum atomic E-state index is 0.0858. The van der Waals surface area contributed by atoms with Crippen LogP contribution in [0.3, 0.4) is 0 Å². The summed E-state index contributed by atoms with van der Waals surface area (Å²) in [7, 11) is 0. The maximum absolute atomic E-state index is 12.3. The van der Waals surface area contributed by atoms with E-state index in [4.69, 9.17) is 4.42 Å². The Labute approximate surface area is 150 Å². The maximum atomic E-state index is 12.3. The Bertz CT molecular complexity index is 735. The largest absolute Gasteiger partial charge is 0.464 e. The molecule has 0 aliphatic carbocycles. The summed E-state index contributed by atoms with van der Waals surface area (Å²) in [5, 5.41) is 4.13. The highest BCUT2D eigenvalue weighted by atomic mass is 16.3. The number of fused-ring (bicyclic) bond motifs is 1. The molecule has 25 heavy (non-hydrogen) atoms. The van der Waals surface area contributed by atoms with Crippen molar-refractivity contribution in [2.45, 2.75) is 58.9 Å². The molecular weight excluding hydrogens is 312 g/mol. The first-order chi connectivity index (χ1) is 12.1. The molecule has 1 amide bonds. The van der Waals surface area contributed by atoms with Crippen molar-refractivity contribution in [3.8, 4) is 0 Å². The minimum absolute atomic E-state index is 0.0858. The van der Waals surface area contributed by atoms with E-state index < -0.39 is 0 Å². The van der Waals surface area contributed by atoms with Crippen molar-refractivity contribution < 1.29 is 14.1 Å². The summed E-state index contributed by atoms with van der Waals surface area (Å²) in [4.78, 5) is 14.0. The highest BCUT2D eigenvalue weighted by molar-refractivity contribution is 5.89. The lowest BCUT2D eigenvalue weighted by atomic mass is 10.0. The first-order valence-corrected chi connectivity index (χ1v) is 9.64. The van der Waals surface area contributed by atoms with Gasteiger partial charge in [-0.1, -0.05) is 12.1 Å². The molecule has 1 aliphatic heterocycles. The molecule has 1 aromatic carbocycles. The van der Waals surface area contributed by atoms with E-state index >= 15 is 0 Å². The van der Waals surface area contributed by atoms with Gasteiger partial charge in [0.2, 0.25) is 5.91 Å². The molecule has 3 rings (SSSR count). The van der Waals surface area contributed by atoms with Crippen LogP contribution in [0, 0.1) is 13.8 Å². The predicted octanol–water partition coefficient (Wildman–Crippen LogP) is 2.56. The molecule has 2 aromatic rings. The monoisotopic (exact) mass is 343 g/mol.